The fourth-order valence-electron chi connectivity index (χ4n) is 2.28. The number of ether oxygens (including phenoxy) is 1. The van der Waals surface area contributed by atoms with E-state index in [1.807, 2.05) is 6.92 Å². The van der Waals surface area contributed by atoms with Gasteiger partial charge < -0.3 is 10.3 Å². The van der Waals surface area contributed by atoms with Crippen molar-refractivity contribution in [2.24, 2.45) is 5.92 Å². The molecule has 1 saturated carbocycles. The Kier molecular flexibility index (Phi) is 5.41. The van der Waals surface area contributed by atoms with Gasteiger partial charge in [0.25, 0.3) is 0 Å². The number of esters is 1. The van der Waals surface area contributed by atoms with Crippen LogP contribution in [0.3, 0.4) is 0 Å². The first kappa shape index (κ1) is 13.4. The molecule has 0 aliphatic heterocycles. The second-order valence-corrected chi connectivity index (χ2v) is 4.36. The Labute approximate surface area is 102 Å². The average molecular weight is 234 g/mol. The van der Waals surface area contributed by atoms with Crippen molar-refractivity contribution in [3.8, 4) is 0 Å². The zero-order chi connectivity index (χ0) is 12.7. The molecule has 1 aliphatic carbocycles. The van der Waals surface area contributed by atoms with Gasteiger partial charge in [0.2, 0.25) is 0 Å². The van der Waals surface area contributed by atoms with Crippen molar-refractivity contribution >= 4 is 12.2 Å². The van der Waals surface area contributed by atoms with Gasteiger partial charge in [0.15, 0.2) is 0 Å². The molecule has 1 unspecified atom stereocenters. The average Bonchev–Trinajstić information content (AvgIpc) is 2.36. The highest BCUT2D eigenvalue weighted by Gasteiger charge is 2.28. The summed E-state index contributed by atoms with van der Waals surface area (Å²) in [5.41, 5.74) is 11.9. The molecular weight excluding hydrogens is 216 g/mol. The van der Waals surface area contributed by atoms with Gasteiger partial charge in [0.1, 0.15) is 6.10 Å². The van der Waals surface area contributed by atoms with E-state index in [0.717, 1.165) is 37.5 Å². The molecule has 0 spiro atoms. The SMILES string of the molecule is C=C=C(C)C(OC(=O)C=[N+]=[N-])C1CCCCC1. The molecule has 1 fully saturated rings. The number of carbonyl (C=O) groups excluding carboxylic acids is 1. The van der Waals surface area contributed by atoms with E-state index >= 15 is 0 Å². The summed E-state index contributed by atoms with van der Waals surface area (Å²) in [6.45, 7) is 5.45. The zero-order valence-corrected chi connectivity index (χ0v) is 10.2. The molecule has 4 nitrogen and oxygen atoms in total. The highest BCUT2D eigenvalue weighted by atomic mass is 16.5. The summed E-state index contributed by atoms with van der Waals surface area (Å²) in [6.07, 6.45) is 6.14. The van der Waals surface area contributed by atoms with Crippen molar-refractivity contribution in [1.82, 2.24) is 0 Å². The van der Waals surface area contributed by atoms with E-state index in [1.54, 1.807) is 0 Å². The van der Waals surface area contributed by atoms with Crippen molar-refractivity contribution in [2.75, 3.05) is 0 Å². The molecule has 92 valence electrons. The lowest BCUT2D eigenvalue weighted by molar-refractivity contribution is -0.145. The number of rotatable bonds is 4. The van der Waals surface area contributed by atoms with Gasteiger partial charge in [0, 0.05) is 11.5 Å². The van der Waals surface area contributed by atoms with Gasteiger partial charge in [-0.1, -0.05) is 25.8 Å². The van der Waals surface area contributed by atoms with Gasteiger partial charge in [-0.05, 0) is 19.8 Å². The normalized spacial score (nSPS) is 17.5. The van der Waals surface area contributed by atoms with E-state index in [1.165, 1.54) is 6.42 Å². The largest absolute Gasteiger partial charge is 0.449 e. The lowest BCUT2D eigenvalue weighted by Gasteiger charge is -2.29. The van der Waals surface area contributed by atoms with Crippen LogP contribution in [0.5, 0.6) is 0 Å². The molecule has 1 rings (SSSR count). The van der Waals surface area contributed by atoms with E-state index in [4.69, 9.17) is 10.3 Å². The monoisotopic (exact) mass is 234 g/mol. The molecule has 0 bridgehead atoms. The highest BCUT2D eigenvalue weighted by Crippen LogP contribution is 2.30. The molecule has 0 aromatic heterocycles. The van der Waals surface area contributed by atoms with Gasteiger partial charge in [-0.25, -0.2) is 4.79 Å². The molecule has 4 heteroatoms. The van der Waals surface area contributed by atoms with Gasteiger partial charge in [-0.3, -0.25) is 0 Å². The predicted octanol–water partition coefficient (Wildman–Crippen LogP) is 2.51. The van der Waals surface area contributed by atoms with Crippen molar-refractivity contribution in [3.63, 3.8) is 0 Å². The van der Waals surface area contributed by atoms with Crippen molar-refractivity contribution in [1.29, 1.82) is 0 Å². The van der Waals surface area contributed by atoms with Crippen molar-refractivity contribution < 1.29 is 14.3 Å². The standard InChI is InChI=1S/C13H18N2O2/c1-3-10(2)13(17-12(16)9-15-14)11-7-5-4-6-8-11/h9,11,13H,1,4-8H2,2H3. The molecular formula is C13H18N2O2. The maximum Gasteiger partial charge on any atom is 0.414 e. The van der Waals surface area contributed by atoms with Gasteiger partial charge in [-0.2, -0.15) is 4.79 Å². The summed E-state index contributed by atoms with van der Waals surface area (Å²) in [6, 6.07) is 0. The third kappa shape index (κ3) is 4.03. The first-order chi connectivity index (χ1) is 8.19. The predicted molar refractivity (Wildman–Crippen MR) is 64.5 cm³/mol. The van der Waals surface area contributed by atoms with Crippen LogP contribution in [-0.4, -0.2) is 23.1 Å². The van der Waals surface area contributed by atoms with Gasteiger partial charge in [0.05, 0.1) is 0 Å². The third-order valence-electron chi connectivity index (χ3n) is 3.19. The highest BCUT2D eigenvalue weighted by molar-refractivity contribution is 6.20. The Bertz CT molecular complexity index is 371. The summed E-state index contributed by atoms with van der Waals surface area (Å²) in [5.74, 6) is -0.299. The molecule has 0 N–H and O–H groups in total. The molecule has 1 aliphatic rings. The summed E-state index contributed by atoms with van der Waals surface area (Å²) in [5, 5.41) is 0. The minimum Gasteiger partial charge on any atom is -0.449 e. The first-order valence-corrected chi connectivity index (χ1v) is 5.93. The summed E-state index contributed by atoms with van der Waals surface area (Å²) >= 11 is 0. The molecule has 0 amide bonds. The van der Waals surface area contributed by atoms with E-state index in [0.29, 0.717) is 5.92 Å². The Morgan fingerprint density at radius 3 is 2.71 bits per heavy atom. The first-order valence-electron chi connectivity index (χ1n) is 5.93. The Morgan fingerprint density at radius 1 is 1.53 bits per heavy atom. The Balaban J connectivity index is 2.75. The van der Waals surface area contributed by atoms with Crippen LogP contribution in [0.2, 0.25) is 0 Å². The topological polar surface area (TPSA) is 62.7 Å². The van der Waals surface area contributed by atoms with E-state index in [-0.39, 0.29) is 6.10 Å². The summed E-state index contributed by atoms with van der Waals surface area (Å²) < 4.78 is 5.30. The lowest BCUT2D eigenvalue weighted by Crippen LogP contribution is -2.30. The minimum atomic E-state index is -0.627. The van der Waals surface area contributed by atoms with Gasteiger partial charge >= 0.3 is 12.2 Å². The van der Waals surface area contributed by atoms with Crippen LogP contribution in [0, 0.1) is 5.92 Å². The third-order valence-corrected chi connectivity index (χ3v) is 3.19. The number of nitrogens with zero attached hydrogens (tertiary/aromatic N) is 2. The Hall–Kier alpha value is -1.63. The summed E-state index contributed by atoms with van der Waals surface area (Å²) in [7, 11) is 0. The van der Waals surface area contributed by atoms with Crippen LogP contribution in [0.25, 0.3) is 5.53 Å². The van der Waals surface area contributed by atoms with Crippen LogP contribution in [0.1, 0.15) is 39.0 Å². The van der Waals surface area contributed by atoms with E-state index < -0.39 is 5.97 Å². The van der Waals surface area contributed by atoms with Crippen molar-refractivity contribution in [2.45, 2.75) is 45.1 Å². The van der Waals surface area contributed by atoms with Crippen LogP contribution in [-0.2, 0) is 9.53 Å². The Morgan fingerprint density at radius 2 is 2.18 bits per heavy atom. The number of hydrogen-bond acceptors (Lipinski definition) is 2. The molecule has 0 heterocycles. The zero-order valence-electron chi connectivity index (χ0n) is 10.2. The number of hydrogen-bond donors (Lipinski definition) is 0. The van der Waals surface area contributed by atoms with Crippen molar-refractivity contribution in [3.05, 3.63) is 23.4 Å². The molecule has 0 radical (unpaired) electrons. The number of carbonyl (C=O) groups is 1. The van der Waals surface area contributed by atoms with Crippen LogP contribution in [0.4, 0.5) is 0 Å². The molecule has 0 aromatic carbocycles. The lowest BCUT2D eigenvalue weighted by atomic mass is 9.83. The van der Waals surface area contributed by atoms with Crippen LogP contribution in [0.15, 0.2) is 17.9 Å². The van der Waals surface area contributed by atoms with E-state index in [2.05, 4.69) is 17.1 Å². The fraction of sp³-hybridized carbons (Fsp3) is 0.615. The van der Waals surface area contributed by atoms with Gasteiger partial charge in [-0.15, -0.1) is 5.73 Å². The molecule has 0 saturated heterocycles. The summed E-state index contributed by atoms with van der Waals surface area (Å²) in [4.78, 5) is 14.0. The minimum absolute atomic E-state index is 0.293. The molecule has 0 aromatic rings. The van der Waals surface area contributed by atoms with Crippen LogP contribution < -0.4 is 0 Å². The quantitative estimate of drug-likeness (QED) is 0.247. The fourth-order valence-corrected chi connectivity index (χ4v) is 2.28. The van der Waals surface area contributed by atoms with Crippen LogP contribution >= 0.6 is 0 Å². The second kappa shape index (κ2) is 6.85. The molecule has 17 heavy (non-hydrogen) atoms. The van der Waals surface area contributed by atoms with E-state index in [9.17, 15) is 4.79 Å². The second-order valence-electron chi connectivity index (χ2n) is 4.36. The molecule has 1 atom stereocenters. The smallest absolute Gasteiger partial charge is 0.414 e. The maximum atomic E-state index is 11.3. The maximum absolute atomic E-state index is 11.3.